The van der Waals surface area contributed by atoms with Crippen molar-refractivity contribution in [1.82, 2.24) is 5.32 Å². The minimum Gasteiger partial charge on any atom is -0.492 e. The Morgan fingerprint density at radius 3 is 2.39 bits per heavy atom. The van der Waals surface area contributed by atoms with Gasteiger partial charge >= 0.3 is 0 Å². The second kappa shape index (κ2) is 9.30. The van der Waals surface area contributed by atoms with Gasteiger partial charge in [-0.25, -0.2) is 8.42 Å². The molecule has 0 radical (unpaired) electrons. The van der Waals surface area contributed by atoms with E-state index in [1.807, 2.05) is 38.1 Å². The van der Waals surface area contributed by atoms with Crippen LogP contribution < -0.4 is 14.4 Å². The van der Waals surface area contributed by atoms with Crippen LogP contribution in [0.15, 0.2) is 42.5 Å². The van der Waals surface area contributed by atoms with Crippen molar-refractivity contribution in [3.63, 3.8) is 0 Å². The molecule has 8 heteroatoms. The first-order chi connectivity index (χ1) is 13.1. The summed E-state index contributed by atoms with van der Waals surface area (Å²) in [5.41, 5.74) is 2.30. The van der Waals surface area contributed by atoms with Crippen molar-refractivity contribution in [3.8, 4) is 5.75 Å². The van der Waals surface area contributed by atoms with Crippen molar-refractivity contribution >= 4 is 33.2 Å². The molecule has 0 spiro atoms. The van der Waals surface area contributed by atoms with Crippen molar-refractivity contribution in [2.24, 2.45) is 0 Å². The Balaban J connectivity index is 2.01. The normalized spacial score (nSPS) is 12.3. The van der Waals surface area contributed by atoms with Crippen molar-refractivity contribution < 1.29 is 17.9 Å². The number of nitrogens with zero attached hydrogens (tertiary/aromatic N) is 1. The number of sulfonamides is 1. The highest BCUT2D eigenvalue weighted by molar-refractivity contribution is 7.92. The molecule has 0 saturated carbocycles. The number of carbonyl (C=O) groups is 1. The van der Waals surface area contributed by atoms with Crippen molar-refractivity contribution in [3.05, 3.63) is 58.6 Å². The summed E-state index contributed by atoms with van der Waals surface area (Å²) in [6.45, 7) is 5.87. The molecule has 1 amide bonds. The molecule has 0 aliphatic carbocycles. The average Bonchev–Trinajstić information content (AvgIpc) is 2.62. The SMILES string of the molecule is Cc1ccc(OCCNC(=O)[C@@H](C)N(c2ccc(C)c(Cl)c2)S(C)(=O)=O)cc1. The Kier molecular flexibility index (Phi) is 7.32. The standard InChI is InChI=1S/C20H25ClN2O4S/c1-14-5-9-18(10-6-14)27-12-11-22-20(24)16(3)23(28(4,25)26)17-8-7-15(2)19(21)13-17/h5-10,13,16H,11-12H2,1-4H3,(H,22,24)/t16-/m1/s1. The van der Waals surface area contributed by atoms with Crippen LogP contribution in [0.2, 0.25) is 5.02 Å². The van der Waals surface area contributed by atoms with Crippen LogP contribution in [0.1, 0.15) is 18.1 Å². The lowest BCUT2D eigenvalue weighted by molar-refractivity contribution is -0.121. The highest BCUT2D eigenvalue weighted by Crippen LogP contribution is 2.26. The van der Waals surface area contributed by atoms with Gasteiger partial charge in [0.15, 0.2) is 0 Å². The fourth-order valence-corrected chi connectivity index (χ4v) is 3.99. The smallest absolute Gasteiger partial charge is 0.243 e. The van der Waals surface area contributed by atoms with E-state index in [0.29, 0.717) is 16.5 Å². The van der Waals surface area contributed by atoms with Crippen molar-refractivity contribution in [2.45, 2.75) is 26.8 Å². The molecular weight excluding hydrogens is 400 g/mol. The molecule has 0 fully saturated rings. The zero-order chi connectivity index (χ0) is 20.9. The molecule has 1 N–H and O–H groups in total. The van der Waals surface area contributed by atoms with Crippen molar-refractivity contribution in [1.29, 1.82) is 0 Å². The minimum absolute atomic E-state index is 0.253. The molecule has 6 nitrogen and oxygen atoms in total. The highest BCUT2D eigenvalue weighted by Gasteiger charge is 2.29. The molecule has 0 aliphatic rings. The Bertz CT molecular complexity index is 930. The van der Waals surface area contributed by atoms with Gasteiger partial charge in [-0.1, -0.05) is 35.4 Å². The molecular formula is C20H25ClN2O4S. The maximum atomic E-state index is 12.5. The number of aryl methyl sites for hydroxylation is 2. The van der Waals surface area contributed by atoms with Gasteiger partial charge in [0.1, 0.15) is 18.4 Å². The molecule has 1 atom stereocenters. The van der Waals surface area contributed by atoms with Gasteiger partial charge in [0.2, 0.25) is 15.9 Å². The summed E-state index contributed by atoms with van der Waals surface area (Å²) in [5.74, 6) is 0.287. The Labute approximate surface area is 171 Å². The summed E-state index contributed by atoms with van der Waals surface area (Å²) >= 11 is 6.12. The molecule has 28 heavy (non-hydrogen) atoms. The van der Waals surface area contributed by atoms with Crippen LogP contribution in [0.25, 0.3) is 0 Å². The summed E-state index contributed by atoms with van der Waals surface area (Å²) in [5, 5.41) is 3.14. The van der Waals surface area contributed by atoms with Crippen LogP contribution in [0.3, 0.4) is 0 Å². The van der Waals surface area contributed by atoms with Crippen molar-refractivity contribution in [2.75, 3.05) is 23.7 Å². The fraction of sp³-hybridized carbons (Fsp3) is 0.350. The first kappa shape index (κ1) is 22.0. The Hall–Kier alpha value is -2.25. The lowest BCUT2D eigenvalue weighted by Crippen LogP contribution is -2.48. The zero-order valence-electron chi connectivity index (χ0n) is 16.4. The third-order valence-electron chi connectivity index (χ3n) is 4.19. The van der Waals surface area contributed by atoms with E-state index in [1.165, 1.54) is 6.92 Å². The maximum Gasteiger partial charge on any atom is 0.243 e. The van der Waals surface area contributed by atoms with Crippen LogP contribution in [-0.4, -0.2) is 39.8 Å². The summed E-state index contributed by atoms with van der Waals surface area (Å²) in [6.07, 6.45) is 1.06. The lowest BCUT2D eigenvalue weighted by Gasteiger charge is -2.28. The predicted octanol–water partition coefficient (Wildman–Crippen LogP) is 3.31. The van der Waals surface area contributed by atoms with Gasteiger partial charge in [0.05, 0.1) is 18.5 Å². The number of benzene rings is 2. The zero-order valence-corrected chi connectivity index (χ0v) is 18.0. The summed E-state index contributed by atoms with van der Waals surface area (Å²) < 4.78 is 31.2. The predicted molar refractivity (Wildman–Crippen MR) is 113 cm³/mol. The summed E-state index contributed by atoms with van der Waals surface area (Å²) in [6, 6.07) is 11.5. The molecule has 152 valence electrons. The molecule has 0 aromatic heterocycles. The topological polar surface area (TPSA) is 75.7 Å². The monoisotopic (exact) mass is 424 g/mol. The quantitative estimate of drug-likeness (QED) is 0.659. The minimum atomic E-state index is -3.69. The van der Waals surface area contributed by atoms with E-state index in [2.05, 4.69) is 5.32 Å². The first-order valence-corrected chi connectivity index (χ1v) is 11.0. The number of anilines is 1. The van der Waals surface area contributed by atoms with E-state index < -0.39 is 22.0 Å². The maximum absolute atomic E-state index is 12.5. The van der Waals surface area contributed by atoms with E-state index in [9.17, 15) is 13.2 Å². The molecule has 2 rings (SSSR count). The number of ether oxygens (including phenoxy) is 1. The van der Waals surface area contributed by atoms with E-state index in [0.717, 1.165) is 21.7 Å². The molecule has 0 aliphatic heterocycles. The van der Waals surface area contributed by atoms with Gasteiger partial charge in [-0.3, -0.25) is 9.10 Å². The Morgan fingerprint density at radius 2 is 1.82 bits per heavy atom. The van der Waals surface area contributed by atoms with Crippen LogP contribution in [0.4, 0.5) is 5.69 Å². The number of rotatable bonds is 8. The third kappa shape index (κ3) is 5.87. The van der Waals surface area contributed by atoms with Gasteiger partial charge in [-0.15, -0.1) is 0 Å². The van der Waals surface area contributed by atoms with Gasteiger partial charge in [-0.2, -0.15) is 0 Å². The van der Waals surface area contributed by atoms with Crippen LogP contribution in [0, 0.1) is 13.8 Å². The number of hydrogen-bond acceptors (Lipinski definition) is 4. The molecule has 2 aromatic rings. The number of carbonyl (C=O) groups excluding carboxylic acids is 1. The average molecular weight is 425 g/mol. The molecule has 2 aromatic carbocycles. The van der Waals surface area contributed by atoms with Gasteiger partial charge < -0.3 is 10.1 Å². The van der Waals surface area contributed by atoms with Gasteiger partial charge in [0, 0.05) is 5.02 Å². The number of nitrogens with one attached hydrogen (secondary N) is 1. The van der Waals surface area contributed by atoms with Crippen LogP contribution >= 0.6 is 11.6 Å². The second-order valence-corrected chi connectivity index (χ2v) is 8.89. The second-order valence-electron chi connectivity index (χ2n) is 6.62. The van der Waals surface area contributed by atoms with E-state index >= 15 is 0 Å². The first-order valence-electron chi connectivity index (χ1n) is 8.82. The fourth-order valence-electron chi connectivity index (χ4n) is 2.65. The number of amides is 1. The largest absolute Gasteiger partial charge is 0.492 e. The van der Waals surface area contributed by atoms with Crippen LogP contribution in [-0.2, 0) is 14.8 Å². The number of hydrogen-bond donors (Lipinski definition) is 1. The number of halogens is 1. The summed E-state index contributed by atoms with van der Waals surface area (Å²) in [7, 11) is -3.69. The molecule has 0 bridgehead atoms. The molecule has 0 saturated heterocycles. The van der Waals surface area contributed by atoms with Crippen LogP contribution in [0.5, 0.6) is 5.75 Å². The van der Waals surface area contributed by atoms with Gasteiger partial charge in [0.25, 0.3) is 0 Å². The summed E-state index contributed by atoms with van der Waals surface area (Å²) in [4.78, 5) is 12.5. The highest BCUT2D eigenvalue weighted by atomic mass is 35.5. The Morgan fingerprint density at radius 1 is 1.18 bits per heavy atom. The van der Waals surface area contributed by atoms with E-state index in [-0.39, 0.29) is 13.2 Å². The van der Waals surface area contributed by atoms with E-state index in [1.54, 1.807) is 18.2 Å². The van der Waals surface area contributed by atoms with Gasteiger partial charge in [-0.05, 0) is 50.6 Å². The molecule has 0 heterocycles. The third-order valence-corrected chi connectivity index (χ3v) is 5.84. The van der Waals surface area contributed by atoms with E-state index in [4.69, 9.17) is 16.3 Å². The molecule has 0 unspecified atom stereocenters. The lowest BCUT2D eigenvalue weighted by atomic mass is 10.2.